The van der Waals surface area contributed by atoms with Crippen molar-refractivity contribution in [2.75, 3.05) is 13.1 Å². The Balaban J connectivity index is 0.000000457. The molecule has 1 aromatic rings. The Kier molecular flexibility index (Phi) is 21.4. The highest BCUT2D eigenvalue weighted by Gasteiger charge is 2.28. The normalized spacial score (nSPS) is 18.9. The van der Waals surface area contributed by atoms with E-state index >= 15 is 0 Å². The van der Waals surface area contributed by atoms with E-state index in [9.17, 15) is 0 Å². The molecule has 3 rings (SSSR count). The summed E-state index contributed by atoms with van der Waals surface area (Å²) in [4.78, 5) is 4.21. The summed E-state index contributed by atoms with van der Waals surface area (Å²) in [5.41, 5.74) is 8.00. The molecule has 2 unspecified atom stereocenters. The van der Waals surface area contributed by atoms with Gasteiger partial charge in [0.25, 0.3) is 0 Å². The van der Waals surface area contributed by atoms with Crippen LogP contribution in [0.15, 0.2) is 36.5 Å². The Labute approximate surface area is 199 Å². The minimum absolute atomic E-state index is 0.783. The molecule has 3 N–H and O–H groups in total. The first kappa shape index (κ1) is 30.4. The molecule has 2 aliphatic rings. The van der Waals surface area contributed by atoms with Crippen molar-refractivity contribution in [2.24, 2.45) is 17.6 Å². The molecule has 178 valence electrons. The van der Waals surface area contributed by atoms with Crippen LogP contribution in [-0.4, -0.2) is 25.9 Å². The van der Waals surface area contributed by atoms with Crippen LogP contribution in [0.1, 0.15) is 96.6 Å². The summed E-state index contributed by atoms with van der Waals surface area (Å²) in [7, 11) is 4.15. The van der Waals surface area contributed by atoms with Crippen molar-refractivity contribution < 1.29 is 0 Å². The average molecular weight is 439 g/mol. The number of nitrogens with one attached hydrogen (secondary N) is 1. The fraction of sp³-hybridized carbons (Fsp3) is 0.704. The molecular formula is C27H47BN4. The number of unbranched alkanes of at least 4 members (excludes halogenated alkanes) is 3. The molecule has 4 nitrogen and oxygen atoms in total. The van der Waals surface area contributed by atoms with Gasteiger partial charge < -0.3 is 11.1 Å². The Morgan fingerprint density at radius 1 is 1.12 bits per heavy atom. The topological polar surface area (TPSA) is 74.7 Å². The number of nitriles is 1. The van der Waals surface area contributed by atoms with Crippen molar-refractivity contribution in [3.63, 3.8) is 0 Å². The fourth-order valence-corrected chi connectivity index (χ4v) is 4.26. The molecule has 5 heteroatoms. The molecular weight excluding hydrogens is 391 g/mol. The van der Waals surface area contributed by atoms with Gasteiger partial charge in [-0.25, -0.2) is 5.26 Å². The zero-order chi connectivity index (χ0) is 23.9. The maximum atomic E-state index is 7.10. The SMILES string of the molecule is C=C1CCC2CCCCC2C1.CCCCC.NCCCCNCc1ccccn1.[B]C#N. The molecule has 0 aliphatic heterocycles. The van der Waals surface area contributed by atoms with Crippen LogP contribution in [0.4, 0.5) is 0 Å². The number of allylic oxidation sites excluding steroid dienone is 1. The first-order valence-corrected chi connectivity index (χ1v) is 12.7. The number of pyridine rings is 1. The molecule has 1 aromatic heterocycles. The molecule has 2 radical (unpaired) electrons. The summed E-state index contributed by atoms with van der Waals surface area (Å²) in [6.07, 6.45) is 18.2. The Bertz CT molecular complexity index is 583. The molecule has 0 saturated heterocycles. The van der Waals surface area contributed by atoms with Crippen molar-refractivity contribution in [2.45, 2.75) is 97.4 Å². The van der Waals surface area contributed by atoms with Crippen molar-refractivity contribution in [1.82, 2.24) is 10.3 Å². The van der Waals surface area contributed by atoms with Crippen LogP contribution in [0.25, 0.3) is 0 Å². The zero-order valence-corrected chi connectivity index (χ0v) is 20.8. The summed E-state index contributed by atoms with van der Waals surface area (Å²) in [6, 6.07) is 5.96. The molecule has 0 amide bonds. The van der Waals surface area contributed by atoms with Gasteiger partial charge >= 0.3 is 0 Å². The van der Waals surface area contributed by atoms with E-state index in [1.807, 2.05) is 24.4 Å². The van der Waals surface area contributed by atoms with Gasteiger partial charge in [0.05, 0.1) is 5.69 Å². The van der Waals surface area contributed by atoms with E-state index < -0.39 is 0 Å². The smallest absolute Gasteiger partial charge is 0.229 e. The summed E-state index contributed by atoms with van der Waals surface area (Å²) in [5.74, 6) is 3.36. The number of rotatable bonds is 8. The van der Waals surface area contributed by atoms with Crippen LogP contribution < -0.4 is 11.1 Å². The molecule has 0 spiro atoms. The van der Waals surface area contributed by atoms with Crippen LogP contribution in [0.5, 0.6) is 0 Å². The molecule has 0 aromatic carbocycles. The monoisotopic (exact) mass is 438 g/mol. The number of nitrogens with two attached hydrogens (primary N) is 1. The summed E-state index contributed by atoms with van der Waals surface area (Å²) >= 11 is 0. The van der Waals surface area contributed by atoms with Gasteiger partial charge in [0.15, 0.2) is 0 Å². The molecule has 2 aliphatic carbocycles. The molecule has 32 heavy (non-hydrogen) atoms. The highest BCUT2D eigenvalue weighted by atomic mass is 14.9. The molecule has 0 bridgehead atoms. The maximum absolute atomic E-state index is 7.10. The third-order valence-corrected chi connectivity index (χ3v) is 6.03. The first-order valence-electron chi connectivity index (χ1n) is 12.7. The average Bonchev–Trinajstić information content (AvgIpc) is 2.81. The van der Waals surface area contributed by atoms with Crippen molar-refractivity contribution in [1.29, 1.82) is 5.26 Å². The predicted octanol–water partition coefficient (Wildman–Crippen LogP) is 6.28. The van der Waals surface area contributed by atoms with E-state index in [0.717, 1.165) is 50.0 Å². The lowest BCUT2D eigenvalue weighted by molar-refractivity contribution is 0.199. The van der Waals surface area contributed by atoms with Crippen molar-refractivity contribution in [3.8, 4) is 5.97 Å². The number of aromatic nitrogens is 1. The van der Waals surface area contributed by atoms with Crippen LogP contribution in [0, 0.1) is 23.1 Å². The lowest BCUT2D eigenvalue weighted by Crippen LogP contribution is -2.23. The minimum atomic E-state index is 0.783. The zero-order valence-electron chi connectivity index (χ0n) is 20.8. The fourth-order valence-electron chi connectivity index (χ4n) is 4.26. The van der Waals surface area contributed by atoms with E-state index in [2.05, 4.69) is 38.6 Å². The van der Waals surface area contributed by atoms with Gasteiger partial charge in [0, 0.05) is 12.7 Å². The quantitative estimate of drug-likeness (QED) is 0.285. The third-order valence-electron chi connectivity index (χ3n) is 6.03. The number of nitrogens with zero attached hydrogens (tertiary/aromatic N) is 2. The van der Waals surface area contributed by atoms with Crippen molar-refractivity contribution >= 4 is 7.85 Å². The minimum Gasteiger partial charge on any atom is -0.330 e. The van der Waals surface area contributed by atoms with E-state index in [1.165, 1.54) is 75.7 Å². The molecule has 2 saturated carbocycles. The van der Waals surface area contributed by atoms with Gasteiger partial charge in [-0.1, -0.05) is 70.6 Å². The van der Waals surface area contributed by atoms with Crippen LogP contribution in [-0.2, 0) is 6.54 Å². The largest absolute Gasteiger partial charge is 0.330 e. The number of hydrogen-bond donors (Lipinski definition) is 2. The van der Waals surface area contributed by atoms with Gasteiger partial charge in [-0.15, -0.1) is 0 Å². The summed E-state index contributed by atoms with van der Waals surface area (Å²) < 4.78 is 0. The Hall–Kier alpha value is -1.64. The predicted molar refractivity (Wildman–Crippen MR) is 139 cm³/mol. The lowest BCUT2D eigenvalue weighted by Gasteiger charge is -2.36. The first-order chi connectivity index (χ1) is 15.6. The second-order valence-corrected chi connectivity index (χ2v) is 8.77. The van der Waals surface area contributed by atoms with E-state index in [4.69, 9.17) is 11.0 Å². The number of fused-ring (bicyclic) bond motifs is 1. The maximum Gasteiger partial charge on any atom is 0.229 e. The second-order valence-electron chi connectivity index (χ2n) is 8.77. The third kappa shape index (κ3) is 17.0. The molecule has 2 atom stereocenters. The van der Waals surface area contributed by atoms with Crippen molar-refractivity contribution in [3.05, 3.63) is 42.2 Å². The van der Waals surface area contributed by atoms with Crippen LogP contribution in [0.3, 0.4) is 0 Å². The van der Waals surface area contributed by atoms with Gasteiger partial charge in [0.1, 0.15) is 0 Å². The van der Waals surface area contributed by atoms with Crippen LogP contribution >= 0.6 is 0 Å². The highest BCUT2D eigenvalue weighted by molar-refractivity contribution is 6.20. The molecule has 1 heterocycles. The van der Waals surface area contributed by atoms with Gasteiger partial charge in [-0.2, -0.15) is 0 Å². The van der Waals surface area contributed by atoms with Crippen LogP contribution in [0.2, 0.25) is 0 Å². The standard InChI is InChI=1S/C11H18.C10H17N3.C5H12.CBN/c1-9-6-7-10-4-2-3-5-11(10)8-9;11-6-2-4-7-12-9-10-5-1-3-8-13-10;1-3-5-4-2;2-1-3/h10-11H,1-8H2;1,3,5,8,12H,2,4,6-7,9,11H2;3-5H2,1-2H3;. The van der Waals surface area contributed by atoms with Gasteiger partial charge in [-0.3, -0.25) is 4.98 Å². The van der Waals surface area contributed by atoms with E-state index in [-0.39, 0.29) is 0 Å². The van der Waals surface area contributed by atoms with E-state index in [1.54, 1.807) is 0 Å². The second kappa shape index (κ2) is 22.6. The molecule has 2 fully saturated rings. The highest BCUT2D eigenvalue weighted by Crippen LogP contribution is 2.41. The Morgan fingerprint density at radius 2 is 1.81 bits per heavy atom. The van der Waals surface area contributed by atoms with Gasteiger partial charge in [0.2, 0.25) is 7.85 Å². The summed E-state index contributed by atoms with van der Waals surface area (Å²) in [5, 5.41) is 10.4. The van der Waals surface area contributed by atoms with Gasteiger partial charge in [-0.05, 0) is 81.6 Å². The lowest BCUT2D eigenvalue weighted by atomic mass is 9.70. The summed E-state index contributed by atoms with van der Waals surface area (Å²) in [6.45, 7) is 11.2. The number of hydrogen-bond acceptors (Lipinski definition) is 4. The van der Waals surface area contributed by atoms with E-state index in [0.29, 0.717) is 0 Å². The Morgan fingerprint density at radius 3 is 2.38 bits per heavy atom.